The van der Waals surface area contributed by atoms with Crippen molar-refractivity contribution in [1.82, 2.24) is 4.68 Å². The van der Waals surface area contributed by atoms with E-state index in [-0.39, 0.29) is 11.5 Å². The Morgan fingerprint density at radius 1 is 0.676 bits per heavy atom. The molecule has 0 saturated heterocycles. The van der Waals surface area contributed by atoms with Crippen molar-refractivity contribution in [3.8, 4) is 17.0 Å². The number of aromatic nitrogens is 1. The van der Waals surface area contributed by atoms with Crippen LogP contribution in [0.1, 0.15) is 32.0 Å². The summed E-state index contributed by atoms with van der Waals surface area (Å²) in [6.45, 7) is 1.86. The molecule has 5 heteroatoms. The number of ketones is 1. The maximum atomic E-state index is 14.1. The van der Waals surface area contributed by atoms with Gasteiger partial charge in [-0.05, 0) is 31.2 Å². The molecule has 0 unspecified atom stereocenters. The minimum absolute atomic E-state index is 0.223. The number of carbonyl (C=O) groups is 2. The molecule has 5 rings (SSSR count). The Morgan fingerprint density at radius 2 is 1.16 bits per heavy atom. The number of hydrogen-bond acceptors (Lipinski definition) is 4. The third kappa shape index (κ3) is 4.67. The van der Waals surface area contributed by atoms with Crippen LogP contribution in [0.4, 0.5) is 5.69 Å². The van der Waals surface area contributed by atoms with Gasteiger partial charge in [0.2, 0.25) is 0 Å². The Bertz CT molecular complexity index is 1530. The molecule has 0 aliphatic heterocycles. The number of para-hydroxylation sites is 1. The number of nitrogens with zero attached hydrogens (tertiary/aromatic N) is 2. The Hall–Kier alpha value is -4.90. The Labute approximate surface area is 216 Å². The molecular weight excluding hydrogens is 460 g/mol. The molecule has 0 spiro atoms. The van der Waals surface area contributed by atoms with Gasteiger partial charge in [0.05, 0.1) is 28.2 Å². The molecule has 0 bridgehead atoms. The molecule has 1 aromatic heterocycles. The van der Waals surface area contributed by atoms with Gasteiger partial charge < -0.3 is 4.74 Å². The number of esters is 1. The number of carbonyl (C=O) groups excluding carboxylic acids is 2. The van der Waals surface area contributed by atoms with Crippen molar-refractivity contribution in [3.63, 3.8) is 0 Å². The van der Waals surface area contributed by atoms with Gasteiger partial charge in [0.1, 0.15) is 0 Å². The maximum absolute atomic E-state index is 14.1. The van der Waals surface area contributed by atoms with Crippen LogP contribution in [-0.2, 0) is 0 Å². The largest absolute Gasteiger partial charge is 0.420 e. The second-order valence-electron chi connectivity index (χ2n) is 8.63. The van der Waals surface area contributed by atoms with E-state index in [1.54, 1.807) is 36.4 Å². The molecule has 0 aliphatic rings. The average molecular weight is 487 g/mol. The van der Waals surface area contributed by atoms with E-state index in [1.165, 1.54) is 0 Å². The number of hydrogen-bond donors (Lipinski definition) is 0. The number of anilines is 1. The normalized spacial score (nSPS) is 10.6. The lowest BCUT2D eigenvalue weighted by molar-refractivity contribution is 0.0731. The van der Waals surface area contributed by atoms with E-state index in [2.05, 4.69) is 0 Å². The zero-order chi connectivity index (χ0) is 25.8. The molecule has 0 amide bonds. The fourth-order valence-electron chi connectivity index (χ4n) is 4.45. The van der Waals surface area contributed by atoms with Crippen molar-refractivity contribution in [2.75, 3.05) is 12.1 Å². The summed E-state index contributed by atoms with van der Waals surface area (Å²) in [7, 11) is 1.92. The number of benzene rings is 4. The molecule has 0 saturated carbocycles. The average Bonchev–Trinajstić information content (AvgIpc) is 3.25. The third-order valence-electron chi connectivity index (χ3n) is 6.27. The van der Waals surface area contributed by atoms with Crippen molar-refractivity contribution < 1.29 is 14.3 Å². The number of ether oxygens (including phenoxy) is 1. The van der Waals surface area contributed by atoms with Crippen LogP contribution in [0.3, 0.4) is 0 Å². The summed E-state index contributed by atoms with van der Waals surface area (Å²) >= 11 is 0. The van der Waals surface area contributed by atoms with E-state index >= 15 is 0 Å². The van der Waals surface area contributed by atoms with Crippen LogP contribution in [0.2, 0.25) is 0 Å². The lowest BCUT2D eigenvalue weighted by Crippen LogP contribution is -2.26. The lowest BCUT2D eigenvalue weighted by Gasteiger charge is -2.25. The first-order chi connectivity index (χ1) is 18.1. The van der Waals surface area contributed by atoms with Crippen molar-refractivity contribution in [2.24, 2.45) is 0 Å². The van der Waals surface area contributed by atoms with Gasteiger partial charge in [0.15, 0.2) is 11.5 Å². The van der Waals surface area contributed by atoms with Crippen molar-refractivity contribution in [2.45, 2.75) is 6.92 Å². The van der Waals surface area contributed by atoms with Gasteiger partial charge in [0.25, 0.3) is 0 Å². The highest BCUT2D eigenvalue weighted by molar-refractivity contribution is 6.15. The topological polar surface area (TPSA) is 51.5 Å². The van der Waals surface area contributed by atoms with Gasteiger partial charge in [-0.15, -0.1) is 0 Å². The summed E-state index contributed by atoms with van der Waals surface area (Å²) in [5.74, 6) is -0.507. The minimum atomic E-state index is -0.523. The summed E-state index contributed by atoms with van der Waals surface area (Å²) < 4.78 is 7.97. The van der Waals surface area contributed by atoms with E-state index in [9.17, 15) is 9.59 Å². The Balaban J connectivity index is 1.78. The van der Waals surface area contributed by atoms with E-state index < -0.39 is 5.97 Å². The first-order valence-electron chi connectivity index (χ1n) is 12.0. The molecule has 4 aromatic carbocycles. The van der Waals surface area contributed by atoms with Crippen LogP contribution in [0.15, 0.2) is 121 Å². The lowest BCUT2D eigenvalue weighted by atomic mass is 9.99. The van der Waals surface area contributed by atoms with Crippen molar-refractivity contribution in [3.05, 3.63) is 144 Å². The highest BCUT2D eigenvalue weighted by atomic mass is 16.5. The summed E-state index contributed by atoms with van der Waals surface area (Å²) in [5.41, 5.74) is 4.28. The first-order valence-corrected chi connectivity index (χ1v) is 12.0. The van der Waals surface area contributed by atoms with Crippen LogP contribution < -0.4 is 9.75 Å². The predicted octanol–water partition coefficient (Wildman–Crippen LogP) is 6.81. The SMILES string of the molecule is Cc1c(OC(=O)c2ccccc2)c(C(=O)c2ccccc2)c(-c2ccccc2)n1N(C)c1ccccc1. The maximum Gasteiger partial charge on any atom is 0.343 e. The van der Waals surface area contributed by atoms with Crippen LogP contribution in [0.25, 0.3) is 11.3 Å². The fourth-order valence-corrected chi connectivity index (χ4v) is 4.45. The van der Waals surface area contributed by atoms with Crippen LogP contribution in [0, 0.1) is 6.92 Å². The summed E-state index contributed by atoms with van der Waals surface area (Å²) in [6.07, 6.45) is 0. The molecule has 5 nitrogen and oxygen atoms in total. The van der Waals surface area contributed by atoms with Gasteiger partial charge >= 0.3 is 5.97 Å². The third-order valence-corrected chi connectivity index (χ3v) is 6.27. The van der Waals surface area contributed by atoms with Crippen molar-refractivity contribution >= 4 is 17.4 Å². The zero-order valence-corrected chi connectivity index (χ0v) is 20.7. The van der Waals surface area contributed by atoms with Crippen LogP contribution in [-0.4, -0.2) is 23.5 Å². The highest BCUT2D eigenvalue weighted by Crippen LogP contribution is 2.40. The quantitative estimate of drug-likeness (QED) is 0.187. The summed E-state index contributed by atoms with van der Waals surface area (Å²) in [5, 5.41) is 1.96. The van der Waals surface area contributed by atoms with Gasteiger partial charge in [-0.25, -0.2) is 4.79 Å². The van der Waals surface area contributed by atoms with Gasteiger partial charge in [-0.2, -0.15) is 0 Å². The predicted molar refractivity (Wildman–Crippen MR) is 146 cm³/mol. The van der Waals surface area contributed by atoms with Gasteiger partial charge in [0, 0.05) is 18.2 Å². The Kier molecular flexibility index (Phi) is 6.68. The van der Waals surface area contributed by atoms with Gasteiger partial charge in [-0.1, -0.05) is 97.1 Å². The van der Waals surface area contributed by atoms with Crippen molar-refractivity contribution in [1.29, 1.82) is 0 Å². The first kappa shape index (κ1) is 23.8. The zero-order valence-electron chi connectivity index (χ0n) is 20.7. The van der Waals surface area contributed by atoms with E-state index in [0.717, 1.165) is 11.3 Å². The second-order valence-corrected chi connectivity index (χ2v) is 8.63. The molecule has 182 valence electrons. The van der Waals surface area contributed by atoms with Gasteiger partial charge in [-0.3, -0.25) is 14.5 Å². The minimum Gasteiger partial charge on any atom is -0.420 e. The molecule has 37 heavy (non-hydrogen) atoms. The molecule has 0 fully saturated rings. The molecule has 0 aliphatic carbocycles. The molecule has 0 radical (unpaired) electrons. The smallest absolute Gasteiger partial charge is 0.343 e. The van der Waals surface area contributed by atoms with Crippen LogP contribution >= 0.6 is 0 Å². The molecule has 0 atom stereocenters. The van der Waals surface area contributed by atoms with Crippen LogP contribution in [0.5, 0.6) is 5.75 Å². The number of rotatable bonds is 7. The molecule has 5 aromatic rings. The molecular formula is C32H26N2O3. The summed E-state index contributed by atoms with van der Waals surface area (Å²) in [6, 6.07) is 37.4. The summed E-state index contributed by atoms with van der Waals surface area (Å²) in [4.78, 5) is 27.3. The Morgan fingerprint density at radius 3 is 1.73 bits per heavy atom. The fraction of sp³-hybridized carbons (Fsp3) is 0.0625. The van der Waals surface area contributed by atoms with E-state index in [1.807, 2.05) is 109 Å². The standard InChI is InChI=1S/C32H26N2O3/c1-23-31(37-32(36)26-19-11-5-12-20-26)28(30(35)25-17-9-4-10-18-25)29(24-15-7-3-8-16-24)34(23)33(2)27-21-13-6-14-22-27/h3-22H,1-2H3. The molecule has 1 heterocycles. The monoisotopic (exact) mass is 486 g/mol. The van der Waals surface area contributed by atoms with E-state index in [4.69, 9.17) is 4.74 Å². The second kappa shape index (κ2) is 10.4. The highest BCUT2D eigenvalue weighted by Gasteiger charge is 2.32. The molecule has 0 N–H and O–H groups in total. The van der Waals surface area contributed by atoms with E-state index in [0.29, 0.717) is 28.1 Å².